The van der Waals surface area contributed by atoms with Gasteiger partial charge in [0.1, 0.15) is 5.75 Å². The third kappa shape index (κ3) is 3.29. The number of piperidine rings is 1. The average molecular weight is 290 g/mol. The largest absolute Gasteiger partial charge is 0.506 e. The predicted octanol–water partition coefficient (Wildman–Crippen LogP) is 3.31. The fourth-order valence-corrected chi connectivity index (χ4v) is 2.87. The second-order valence-electron chi connectivity index (χ2n) is 4.63. The van der Waals surface area contributed by atoms with Crippen molar-refractivity contribution in [1.29, 1.82) is 0 Å². The molecule has 3 nitrogen and oxygen atoms in total. The van der Waals surface area contributed by atoms with Gasteiger partial charge >= 0.3 is 0 Å². The minimum Gasteiger partial charge on any atom is -0.506 e. The summed E-state index contributed by atoms with van der Waals surface area (Å²) in [5.74, 6) is 0.126. The number of aromatic hydroxyl groups is 1. The molecule has 1 atom stereocenters. The van der Waals surface area contributed by atoms with Gasteiger partial charge in [0.05, 0.1) is 11.1 Å². The molecule has 0 amide bonds. The van der Waals surface area contributed by atoms with E-state index in [4.69, 9.17) is 27.9 Å². The fraction of sp³-hybridized carbons (Fsp3) is 0.538. The zero-order valence-electron chi connectivity index (χ0n) is 10.3. The van der Waals surface area contributed by atoms with Crippen LogP contribution in [0.4, 0.5) is 0 Å². The van der Waals surface area contributed by atoms with Crippen molar-refractivity contribution in [2.75, 3.05) is 20.2 Å². The maximum atomic E-state index is 9.93. The van der Waals surface area contributed by atoms with E-state index in [2.05, 4.69) is 4.90 Å². The Balaban J connectivity index is 2.09. The number of nitrogens with zero attached hydrogens (tertiary/aromatic N) is 1. The van der Waals surface area contributed by atoms with Crippen LogP contribution < -0.4 is 0 Å². The molecular weight excluding hydrogens is 273 g/mol. The number of benzene rings is 1. The van der Waals surface area contributed by atoms with Crippen LogP contribution in [0.15, 0.2) is 12.1 Å². The van der Waals surface area contributed by atoms with E-state index in [0.29, 0.717) is 16.6 Å². The van der Waals surface area contributed by atoms with Gasteiger partial charge in [0.2, 0.25) is 0 Å². The normalized spacial score (nSPS) is 21.2. The van der Waals surface area contributed by atoms with Crippen LogP contribution in [0.2, 0.25) is 10.0 Å². The minimum atomic E-state index is 0.126. The molecule has 1 unspecified atom stereocenters. The quantitative estimate of drug-likeness (QED) is 0.927. The van der Waals surface area contributed by atoms with E-state index in [1.165, 1.54) is 0 Å². The molecule has 0 aromatic heterocycles. The SMILES string of the molecule is COC1CCCN(Cc2cc(Cl)cc(Cl)c2O)C1. The molecule has 1 aromatic rings. The Kier molecular flexibility index (Phi) is 4.73. The molecule has 0 radical (unpaired) electrons. The summed E-state index contributed by atoms with van der Waals surface area (Å²) in [4.78, 5) is 2.25. The van der Waals surface area contributed by atoms with E-state index in [1.54, 1.807) is 19.2 Å². The Labute approximate surface area is 117 Å². The second kappa shape index (κ2) is 6.11. The predicted molar refractivity (Wildman–Crippen MR) is 73.4 cm³/mol. The maximum Gasteiger partial charge on any atom is 0.138 e. The summed E-state index contributed by atoms with van der Waals surface area (Å²) in [6, 6.07) is 3.31. The van der Waals surface area contributed by atoms with E-state index in [0.717, 1.165) is 31.5 Å². The van der Waals surface area contributed by atoms with E-state index < -0.39 is 0 Å². The van der Waals surface area contributed by atoms with E-state index in [9.17, 15) is 5.11 Å². The number of methoxy groups -OCH3 is 1. The zero-order valence-corrected chi connectivity index (χ0v) is 11.8. The first-order chi connectivity index (χ1) is 8.60. The summed E-state index contributed by atoms with van der Waals surface area (Å²) in [5.41, 5.74) is 0.768. The van der Waals surface area contributed by atoms with Crippen LogP contribution >= 0.6 is 23.2 Å². The summed E-state index contributed by atoms with van der Waals surface area (Å²) in [7, 11) is 1.74. The topological polar surface area (TPSA) is 32.7 Å². The van der Waals surface area contributed by atoms with Crippen molar-refractivity contribution < 1.29 is 9.84 Å². The van der Waals surface area contributed by atoms with Crippen molar-refractivity contribution in [3.8, 4) is 5.75 Å². The smallest absolute Gasteiger partial charge is 0.138 e. The third-order valence-electron chi connectivity index (χ3n) is 3.30. The van der Waals surface area contributed by atoms with Crippen LogP contribution in [0.3, 0.4) is 0 Å². The number of ether oxygens (including phenoxy) is 1. The van der Waals surface area contributed by atoms with Gasteiger partial charge in [-0.05, 0) is 31.5 Å². The second-order valence-corrected chi connectivity index (χ2v) is 5.47. The molecule has 1 aliphatic heterocycles. The first kappa shape index (κ1) is 13.9. The summed E-state index contributed by atoms with van der Waals surface area (Å²) >= 11 is 11.9. The van der Waals surface area contributed by atoms with Crippen molar-refractivity contribution in [2.24, 2.45) is 0 Å². The Morgan fingerprint density at radius 2 is 2.22 bits per heavy atom. The lowest BCUT2D eigenvalue weighted by molar-refractivity contribution is 0.0283. The van der Waals surface area contributed by atoms with Gasteiger partial charge in [0, 0.05) is 30.8 Å². The molecule has 1 aliphatic rings. The lowest BCUT2D eigenvalue weighted by Crippen LogP contribution is -2.38. The molecule has 1 saturated heterocycles. The lowest BCUT2D eigenvalue weighted by atomic mass is 10.1. The lowest BCUT2D eigenvalue weighted by Gasteiger charge is -2.32. The molecular formula is C13H17Cl2NO2. The molecule has 1 heterocycles. The first-order valence-corrected chi connectivity index (χ1v) is 6.77. The zero-order chi connectivity index (χ0) is 13.1. The van der Waals surface area contributed by atoms with Crippen LogP contribution in [0.5, 0.6) is 5.75 Å². The van der Waals surface area contributed by atoms with Gasteiger partial charge in [-0.3, -0.25) is 4.90 Å². The molecule has 1 N–H and O–H groups in total. The molecule has 0 bridgehead atoms. The third-order valence-corrected chi connectivity index (χ3v) is 3.80. The van der Waals surface area contributed by atoms with Gasteiger partial charge < -0.3 is 9.84 Å². The molecule has 18 heavy (non-hydrogen) atoms. The standard InChI is InChI=1S/C13H17Cl2NO2/c1-18-11-3-2-4-16(8-11)7-9-5-10(14)6-12(15)13(9)17/h5-6,11,17H,2-4,7-8H2,1H3. The number of likely N-dealkylation sites (tertiary alicyclic amines) is 1. The van der Waals surface area contributed by atoms with Crippen LogP contribution in [0.25, 0.3) is 0 Å². The monoisotopic (exact) mass is 289 g/mol. The van der Waals surface area contributed by atoms with Gasteiger partial charge in [0.25, 0.3) is 0 Å². The van der Waals surface area contributed by atoms with Gasteiger partial charge in [-0.2, -0.15) is 0 Å². The fourth-order valence-electron chi connectivity index (χ4n) is 2.33. The Bertz CT molecular complexity index is 426. The van der Waals surface area contributed by atoms with E-state index in [1.807, 2.05) is 0 Å². The molecule has 100 valence electrons. The molecule has 2 rings (SSSR count). The van der Waals surface area contributed by atoms with Gasteiger partial charge in [-0.1, -0.05) is 23.2 Å². The van der Waals surface area contributed by atoms with Crippen LogP contribution in [-0.4, -0.2) is 36.3 Å². The van der Waals surface area contributed by atoms with Crippen molar-refractivity contribution in [3.63, 3.8) is 0 Å². The minimum absolute atomic E-state index is 0.126. The Hall–Kier alpha value is -0.480. The van der Waals surface area contributed by atoms with E-state index >= 15 is 0 Å². The molecule has 5 heteroatoms. The highest BCUT2D eigenvalue weighted by atomic mass is 35.5. The number of phenolic OH excluding ortho intramolecular Hbond substituents is 1. The van der Waals surface area contributed by atoms with Gasteiger partial charge in [-0.25, -0.2) is 0 Å². The summed E-state index contributed by atoms with van der Waals surface area (Å²) in [5, 5.41) is 10.8. The molecule has 0 aliphatic carbocycles. The van der Waals surface area contributed by atoms with Crippen molar-refractivity contribution in [3.05, 3.63) is 27.7 Å². The average Bonchev–Trinajstić information content (AvgIpc) is 2.35. The van der Waals surface area contributed by atoms with Crippen molar-refractivity contribution in [1.82, 2.24) is 4.90 Å². The number of halogens is 2. The number of rotatable bonds is 3. The molecule has 1 fully saturated rings. The summed E-state index contributed by atoms with van der Waals surface area (Å²) in [6.07, 6.45) is 2.47. The van der Waals surface area contributed by atoms with Crippen molar-refractivity contribution in [2.45, 2.75) is 25.5 Å². The highest BCUT2D eigenvalue weighted by Gasteiger charge is 2.20. The van der Waals surface area contributed by atoms with Gasteiger partial charge in [0.15, 0.2) is 0 Å². The van der Waals surface area contributed by atoms with E-state index in [-0.39, 0.29) is 11.9 Å². The summed E-state index contributed by atoms with van der Waals surface area (Å²) in [6.45, 7) is 2.52. The number of hydrogen-bond acceptors (Lipinski definition) is 3. The highest BCUT2D eigenvalue weighted by molar-refractivity contribution is 6.35. The van der Waals surface area contributed by atoms with Crippen LogP contribution in [0.1, 0.15) is 18.4 Å². The van der Waals surface area contributed by atoms with Crippen LogP contribution in [-0.2, 0) is 11.3 Å². The van der Waals surface area contributed by atoms with Crippen LogP contribution in [0, 0.1) is 0 Å². The Morgan fingerprint density at radius 1 is 1.44 bits per heavy atom. The Morgan fingerprint density at radius 3 is 2.94 bits per heavy atom. The first-order valence-electron chi connectivity index (χ1n) is 6.02. The van der Waals surface area contributed by atoms with Crippen molar-refractivity contribution >= 4 is 23.2 Å². The maximum absolute atomic E-state index is 9.93. The van der Waals surface area contributed by atoms with Gasteiger partial charge in [-0.15, -0.1) is 0 Å². The molecule has 1 aromatic carbocycles. The number of hydrogen-bond donors (Lipinski definition) is 1. The summed E-state index contributed by atoms with van der Waals surface area (Å²) < 4.78 is 5.38. The number of phenols is 1. The highest BCUT2D eigenvalue weighted by Crippen LogP contribution is 2.32. The molecule has 0 spiro atoms. The molecule has 0 saturated carbocycles.